The van der Waals surface area contributed by atoms with Crippen LogP contribution in [-0.2, 0) is 17.3 Å². The topological polar surface area (TPSA) is 77.5 Å². The van der Waals surface area contributed by atoms with Gasteiger partial charge in [0.25, 0.3) is 0 Å². The minimum absolute atomic E-state index is 0.396. The van der Waals surface area contributed by atoms with Crippen molar-refractivity contribution in [1.82, 2.24) is 4.57 Å². The summed E-state index contributed by atoms with van der Waals surface area (Å²) in [6.07, 6.45) is 3.96. The van der Waals surface area contributed by atoms with Crippen LogP contribution >= 0.6 is 11.3 Å². The molecule has 0 bridgehead atoms. The summed E-state index contributed by atoms with van der Waals surface area (Å²) in [5.41, 5.74) is 0. The zero-order valence-corrected chi connectivity index (χ0v) is 9.60. The van der Waals surface area contributed by atoms with Crippen molar-refractivity contribution < 1.29 is 8.42 Å². The molecule has 0 aromatic carbocycles. The molecule has 2 N–H and O–H groups in total. The van der Waals surface area contributed by atoms with Crippen molar-refractivity contribution in [3.63, 3.8) is 0 Å². The number of nitrogens with zero attached hydrogens (tertiary/aromatic N) is 2. The predicted octanol–water partition coefficient (Wildman–Crippen LogP) is -2.12. The van der Waals surface area contributed by atoms with Crippen molar-refractivity contribution in [3.8, 4) is 0 Å². The Morgan fingerprint density at radius 1 is 1.60 bits per heavy atom. The highest BCUT2D eigenvalue weighted by molar-refractivity contribution is 7.73. The van der Waals surface area contributed by atoms with Crippen LogP contribution in [0.15, 0.2) is 5.10 Å². The van der Waals surface area contributed by atoms with E-state index in [0.717, 1.165) is 9.88 Å². The SMILES string of the molecule is Cn1c(=NN)sc2c1=CCC(=S(=O)=O)C=2. The molecule has 1 aromatic rings. The zero-order valence-electron chi connectivity index (χ0n) is 7.97. The van der Waals surface area contributed by atoms with Gasteiger partial charge in [-0.05, 0) is 6.08 Å². The minimum atomic E-state index is -2.14. The Balaban J connectivity index is 2.93. The average molecular weight is 243 g/mol. The highest BCUT2D eigenvalue weighted by atomic mass is 32.2. The molecule has 2 rings (SSSR count). The lowest BCUT2D eigenvalue weighted by atomic mass is 10.2. The maximum Gasteiger partial charge on any atom is 0.217 e. The van der Waals surface area contributed by atoms with E-state index in [-0.39, 0.29) is 0 Å². The van der Waals surface area contributed by atoms with E-state index in [9.17, 15) is 8.42 Å². The third kappa shape index (κ3) is 1.64. The fraction of sp³-hybridized carbons (Fsp3) is 0.250. The van der Waals surface area contributed by atoms with Crippen molar-refractivity contribution in [2.75, 3.05) is 0 Å². The van der Waals surface area contributed by atoms with Gasteiger partial charge >= 0.3 is 0 Å². The first-order chi connectivity index (χ1) is 7.13. The first kappa shape index (κ1) is 10.2. The molecule has 0 radical (unpaired) electrons. The van der Waals surface area contributed by atoms with Gasteiger partial charge in [0.15, 0.2) is 0 Å². The van der Waals surface area contributed by atoms with Crippen LogP contribution in [0.4, 0.5) is 0 Å². The molecule has 0 spiro atoms. The molecular formula is C8H9N3O2S2. The van der Waals surface area contributed by atoms with Gasteiger partial charge in [0.2, 0.25) is 15.1 Å². The van der Waals surface area contributed by atoms with Crippen molar-refractivity contribution in [1.29, 1.82) is 0 Å². The Morgan fingerprint density at radius 2 is 2.33 bits per heavy atom. The summed E-state index contributed by atoms with van der Waals surface area (Å²) in [7, 11) is -0.291. The molecule has 1 heterocycles. The number of hydrogen-bond acceptors (Lipinski definition) is 5. The first-order valence-corrected chi connectivity index (χ1v) is 6.09. The lowest BCUT2D eigenvalue weighted by Gasteiger charge is -1.96. The number of rotatable bonds is 0. The third-order valence-electron chi connectivity index (χ3n) is 2.22. The summed E-state index contributed by atoms with van der Waals surface area (Å²) in [5.74, 6) is 5.22. The second kappa shape index (κ2) is 3.67. The maximum atomic E-state index is 10.8. The van der Waals surface area contributed by atoms with Gasteiger partial charge in [-0.3, -0.25) is 0 Å². The number of aromatic nitrogens is 1. The van der Waals surface area contributed by atoms with Gasteiger partial charge in [-0.25, -0.2) is 0 Å². The first-order valence-electron chi connectivity index (χ1n) is 4.20. The van der Waals surface area contributed by atoms with E-state index in [2.05, 4.69) is 5.10 Å². The highest BCUT2D eigenvalue weighted by Crippen LogP contribution is 1.92. The van der Waals surface area contributed by atoms with Crippen LogP contribution in [-0.4, -0.2) is 17.8 Å². The van der Waals surface area contributed by atoms with E-state index in [1.807, 2.05) is 17.7 Å². The molecule has 0 atom stereocenters. The molecule has 15 heavy (non-hydrogen) atoms. The molecule has 0 unspecified atom stereocenters. The summed E-state index contributed by atoms with van der Waals surface area (Å²) in [6, 6.07) is 0. The Labute approximate surface area is 91.0 Å². The maximum absolute atomic E-state index is 10.8. The molecule has 5 nitrogen and oxygen atoms in total. The molecule has 0 saturated heterocycles. The number of hydrogen-bond donors (Lipinski definition) is 1. The number of fused-ring (bicyclic) bond motifs is 1. The van der Waals surface area contributed by atoms with Crippen LogP contribution in [0, 0.1) is 0 Å². The van der Waals surface area contributed by atoms with Crippen LogP contribution in [0.3, 0.4) is 0 Å². The Bertz CT molecular complexity index is 711. The fourth-order valence-corrected chi connectivity index (χ4v) is 2.98. The highest BCUT2D eigenvalue weighted by Gasteiger charge is 2.06. The van der Waals surface area contributed by atoms with Crippen LogP contribution in [0.1, 0.15) is 6.42 Å². The van der Waals surface area contributed by atoms with E-state index < -0.39 is 10.3 Å². The monoisotopic (exact) mass is 243 g/mol. The van der Waals surface area contributed by atoms with Gasteiger partial charge in [0, 0.05) is 13.5 Å². The van der Waals surface area contributed by atoms with Crippen molar-refractivity contribution in [2.45, 2.75) is 6.42 Å². The van der Waals surface area contributed by atoms with E-state index in [1.165, 1.54) is 11.3 Å². The molecule has 1 aromatic heterocycles. The van der Waals surface area contributed by atoms with Gasteiger partial charge in [0.05, 0.1) is 14.7 Å². The van der Waals surface area contributed by atoms with E-state index in [0.29, 0.717) is 16.1 Å². The molecular weight excluding hydrogens is 234 g/mol. The Hall–Kier alpha value is -1.34. The Kier molecular flexibility index (Phi) is 2.49. The molecule has 0 fully saturated rings. The van der Waals surface area contributed by atoms with Crippen LogP contribution in [0.5, 0.6) is 0 Å². The molecule has 7 heteroatoms. The van der Waals surface area contributed by atoms with Gasteiger partial charge < -0.3 is 10.4 Å². The van der Waals surface area contributed by atoms with Gasteiger partial charge in [-0.1, -0.05) is 17.4 Å². The zero-order chi connectivity index (χ0) is 11.0. The van der Waals surface area contributed by atoms with Crippen LogP contribution in [0.25, 0.3) is 12.2 Å². The van der Waals surface area contributed by atoms with Crippen LogP contribution in [0.2, 0.25) is 0 Å². The molecule has 1 aliphatic rings. The summed E-state index contributed by atoms with van der Waals surface area (Å²) in [6.45, 7) is 0. The predicted molar refractivity (Wildman–Crippen MR) is 59.8 cm³/mol. The van der Waals surface area contributed by atoms with Gasteiger partial charge in [0.1, 0.15) is 0 Å². The molecule has 80 valence electrons. The quantitative estimate of drug-likeness (QED) is 0.321. The second-order valence-corrected chi connectivity index (χ2v) is 5.08. The van der Waals surface area contributed by atoms with Crippen LogP contribution < -0.4 is 20.5 Å². The van der Waals surface area contributed by atoms with E-state index in [4.69, 9.17) is 5.84 Å². The normalized spacial score (nSPS) is 15.5. The van der Waals surface area contributed by atoms with Gasteiger partial charge in [-0.15, -0.1) is 0 Å². The average Bonchev–Trinajstić information content (AvgIpc) is 2.55. The smallest absolute Gasteiger partial charge is 0.217 e. The molecule has 1 aliphatic carbocycles. The number of thiazole rings is 1. The summed E-state index contributed by atoms with van der Waals surface area (Å²) in [4.78, 5) is 1.07. The number of nitrogens with two attached hydrogens (primary N) is 1. The largest absolute Gasteiger partial charge is 0.320 e. The second-order valence-electron chi connectivity index (χ2n) is 3.08. The molecule has 0 amide bonds. The van der Waals surface area contributed by atoms with E-state index >= 15 is 0 Å². The van der Waals surface area contributed by atoms with Crippen molar-refractivity contribution >= 4 is 38.6 Å². The third-order valence-corrected chi connectivity index (χ3v) is 4.04. The summed E-state index contributed by atoms with van der Waals surface area (Å²) < 4.78 is 24.3. The molecule has 0 saturated carbocycles. The lowest BCUT2D eigenvalue weighted by Crippen LogP contribution is -2.33. The van der Waals surface area contributed by atoms with E-state index in [1.54, 1.807) is 6.08 Å². The van der Waals surface area contributed by atoms with Crippen molar-refractivity contribution in [3.05, 3.63) is 14.7 Å². The molecule has 0 aliphatic heterocycles. The summed E-state index contributed by atoms with van der Waals surface area (Å²) >= 11 is 1.37. The summed E-state index contributed by atoms with van der Waals surface area (Å²) in [5, 5.41) is 4.59. The Morgan fingerprint density at radius 3 is 2.93 bits per heavy atom. The fourth-order valence-electron chi connectivity index (χ4n) is 1.46. The minimum Gasteiger partial charge on any atom is -0.320 e. The van der Waals surface area contributed by atoms with Crippen molar-refractivity contribution in [2.24, 2.45) is 18.0 Å². The van der Waals surface area contributed by atoms with Gasteiger partial charge in [-0.2, -0.15) is 13.5 Å². The lowest BCUT2D eigenvalue weighted by molar-refractivity contribution is 0.627. The standard InChI is InChI=1S/C8H9N3O2S2/c1-11-6-3-2-5(15(12)13)4-7(6)14-8(11)10-9/h3-4H,2,9H2,1H3.